The Balaban J connectivity index is 2.05. The molecule has 108 valence electrons. The van der Waals surface area contributed by atoms with Gasteiger partial charge in [0.05, 0.1) is 6.61 Å². The lowest BCUT2D eigenvalue weighted by Crippen LogP contribution is -2.25. The van der Waals surface area contributed by atoms with Gasteiger partial charge in [-0.15, -0.1) is 11.3 Å². The molecule has 1 aromatic heterocycles. The normalized spacial score (nSPS) is 12.3. The second-order valence-corrected chi connectivity index (χ2v) is 5.54. The highest BCUT2D eigenvalue weighted by Crippen LogP contribution is 2.24. The molecule has 1 heterocycles. The average Bonchev–Trinajstić information content (AvgIpc) is 2.99. The SMILES string of the molecule is COCC(CCCN)Nc1cccc(-c2nccs2)c1. The van der Waals surface area contributed by atoms with E-state index < -0.39 is 0 Å². The maximum Gasteiger partial charge on any atom is 0.123 e. The quantitative estimate of drug-likeness (QED) is 0.785. The van der Waals surface area contributed by atoms with Crippen molar-refractivity contribution in [1.82, 2.24) is 4.98 Å². The molecule has 0 aliphatic heterocycles. The van der Waals surface area contributed by atoms with Crippen molar-refractivity contribution >= 4 is 17.0 Å². The number of ether oxygens (including phenoxy) is 1. The lowest BCUT2D eigenvalue weighted by molar-refractivity contribution is 0.182. The summed E-state index contributed by atoms with van der Waals surface area (Å²) in [5.41, 5.74) is 7.81. The number of anilines is 1. The van der Waals surface area contributed by atoms with Crippen LogP contribution < -0.4 is 11.1 Å². The number of methoxy groups -OCH3 is 1. The van der Waals surface area contributed by atoms with Crippen LogP contribution in [0.3, 0.4) is 0 Å². The van der Waals surface area contributed by atoms with Gasteiger partial charge in [-0.1, -0.05) is 12.1 Å². The van der Waals surface area contributed by atoms with Crippen molar-refractivity contribution in [1.29, 1.82) is 0 Å². The molecular formula is C15H21N3OS. The second-order valence-electron chi connectivity index (χ2n) is 4.65. The number of nitrogens with one attached hydrogen (secondary N) is 1. The van der Waals surface area contributed by atoms with Crippen LogP contribution >= 0.6 is 11.3 Å². The van der Waals surface area contributed by atoms with Gasteiger partial charge in [0.15, 0.2) is 0 Å². The molecule has 4 nitrogen and oxygen atoms in total. The third-order valence-corrected chi connectivity index (χ3v) is 3.86. The highest BCUT2D eigenvalue weighted by Gasteiger charge is 2.09. The van der Waals surface area contributed by atoms with Crippen molar-refractivity contribution < 1.29 is 4.74 Å². The fourth-order valence-electron chi connectivity index (χ4n) is 2.11. The highest BCUT2D eigenvalue weighted by atomic mass is 32.1. The molecule has 0 spiro atoms. The molecule has 2 aromatic rings. The molecular weight excluding hydrogens is 270 g/mol. The first kappa shape index (κ1) is 15.0. The van der Waals surface area contributed by atoms with Gasteiger partial charge < -0.3 is 15.8 Å². The van der Waals surface area contributed by atoms with E-state index in [0.29, 0.717) is 13.2 Å². The first-order chi connectivity index (χ1) is 9.83. The van der Waals surface area contributed by atoms with Crippen molar-refractivity contribution in [3.05, 3.63) is 35.8 Å². The van der Waals surface area contributed by atoms with E-state index in [2.05, 4.69) is 28.5 Å². The summed E-state index contributed by atoms with van der Waals surface area (Å²) in [7, 11) is 1.73. The minimum atomic E-state index is 0.287. The van der Waals surface area contributed by atoms with Gasteiger partial charge in [-0.25, -0.2) is 4.98 Å². The Morgan fingerprint density at radius 3 is 3.05 bits per heavy atom. The van der Waals surface area contributed by atoms with E-state index in [1.54, 1.807) is 18.4 Å². The molecule has 0 radical (unpaired) electrons. The van der Waals surface area contributed by atoms with Crippen LogP contribution in [-0.4, -0.2) is 31.3 Å². The summed E-state index contributed by atoms with van der Waals surface area (Å²) in [5.74, 6) is 0. The van der Waals surface area contributed by atoms with E-state index in [4.69, 9.17) is 10.5 Å². The number of nitrogens with two attached hydrogens (primary N) is 1. The number of thiazole rings is 1. The molecule has 0 saturated heterocycles. The Morgan fingerprint density at radius 2 is 2.35 bits per heavy atom. The monoisotopic (exact) mass is 291 g/mol. The van der Waals surface area contributed by atoms with Crippen molar-refractivity contribution in [2.45, 2.75) is 18.9 Å². The van der Waals surface area contributed by atoms with Crippen LogP contribution in [0.4, 0.5) is 5.69 Å². The number of hydrogen-bond donors (Lipinski definition) is 2. The molecule has 0 saturated carbocycles. The molecule has 3 N–H and O–H groups in total. The van der Waals surface area contributed by atoms with Crippen LogP contribution in [0.15, 0.2) is 35.8 Å². The number of benzene rings is 1. The zero-order valence-corrected chi connectivity index (χ0v) is 12.5. The predicted octanol–water partition coefficient (Wildman–Crippen LogP) is 2.98. The Morgan fingerprint density at radius 1 is 1.45 bits per heavy atom. The van der Waals surface area contributed by atoms with Crippen LogP contribution in [0.25, 0.3) is 10.6 Å². The van der Waals surface area contributed by atoms with Crippen molar-refractivity contribution in [2.75, 3.05) is 25.6 Å². The van der Waals surface area contributed by atoms with Crippen molar-refractivity contribution in [2.24, 2.45) is 5.73 Å². The first-order valence-electron chi connectivity index (χ1n) is 6.79. The molecule has 0 aliphatic rings. The summed E-state index contributed by atoms with van der Waals surface area (Å²) in [5, 5.41) is 6.54. The number of hydrogen-bond acceptors (Lipinski definition) is 5. The summed E-state index contributed by atoms with van der Waals surface area (Å²) in [6.45, 7) is 1.39. The van der Waals surface area contributed by atoms with E-state index in [1.165, 1.54) is 0 Å². The van der Waals surface area contributed by atoms with E-state index in [9.17, 15) is 0 Å². The van der Waals surface area contributed by atoms with Crippen LogP contribution in [-0.2, 0) is 4.74 Å². The summed E-state index contributed by atoms with van der Waals surface area (Å²) in [6.07, 6.45) is 3.83. The molecule has 0 fully saturated rings. The number of rotatable bonds is 8. The zero-order valence-electron chi connectivity index (χ0n) is 11.7. The fourth-order valence-corrected chi connectivity index (χ4v) is 2.74. The van der Waals surface area contributed by atoms with Crippen LogP contribution in [0.2, 0.25) is 0 Å². The molecule has 5 heteroatoms. The molecule has 1 aromatic carbocycles. The van der Waals surface area contributed by atoms with Gasteiger partial charge in [-0.3, -0.25) is 0 Å². The molecule has 20 heavy (non-hydrogen) atoms. The van der Waals surface area contributed by atoms with Crippen LogP contribution in [0, 0.1) is 0 Å². The lowest BCUT2D eigenvalue weighted by Gasteiger charge is -2.19. The Bertz CT molecular complexity index is 502. The Hall–Kier alpha value is -1.43. The summed E-state index contributed by atoms with van der Waals surface area (Å²) < 4.78 is 5.26. The van der Waals surface area contributed by atoms with E-state index >= 15 is 0 Å². The van der Waals surface area contributed by atoms with E-state index in [1.807, 2.05) is 17.6 Å². The fraction of sp³-hybridized carbons (Fsp3) is 0.400. The molecule has 1 atom stereocenters. The van der Waals surface area contributed by atoms with Gasteiger partial charge in [0, 0.05) is 36.0 Å². The maximum absolute atomic E-state index is 5.58. The molecule has 0 aliphatic carbocycles. The lowest BCUT2D eigenvalue weighted by atomic mass is 10.1. The summed E-state index contributed by atoms with van der Waals surface area (Å²) in [4.78, 5) is 4.34. The van der Waals surface area contributed by atoms with Gasteiger partial charge in [-0.05, 0) is 31.5 Å². The van der Waals surface area contributed by atoms with Gasteiger partial charge >= 0.3 is 0 Å². The summed E-state index contributed by atoms with van der Waals surface area (Å²) in [6, 6.07) is 8.61. The highest BCUT2D eigenvalue weighted by molar-refractivity contribution is 7.13. The predicted molar refractivity (Wildman–Crippen MR) is 85.1 cm³/mol. The minimum absolute atomic E-state index is 0.287. The molecule has 1 unspecified atom stereocenters. The Kier molecular flexibility index (Phi) is 5.98. The van der Waals surface area contributed by atoms with Crippen molar-refractivity contribution in [3.63, 3.8) is 0 Å². The average molecular weight is 291 g/mol. The van der Waals surface area contributed by atoms with E-state index in [0.717, 1.165) is 29.1 Å². The summed E-state index contributed by atoms with van der Waals surface area (Å²) >= 11 is 1.65. The van der Waals surface area contributed by atoms with Crippen LogP contribution in [0.5, 0.6) is 0 Å². The topological polar surface area (TPSA) is 60.2 Å². The van der Waals surface area contributed by atoms with Gasteiger partial charge in [0.25, 0.3) is 0 Å². The smallest absolute Gasteiger partial charge is 0.123 e. The Labute approximate surface area is 124 Å². The minimum Gasteiger partial charge on any atom is -0.383 e. The van der Waals surface area contributed by atoms with Gasteiger partial charge in [-0.2, -0.15) is 0 Å². The van der Waals surface area contributed by atoms with Gasteiger partial charge in [0.2, 0.25) is 0 Å². The third-order valence-electron chi connectivity index (χ3n) is 3.04. The molecule has 2 rings (SSSR count). The zero-order chi connectivity index (χ0) is 14.2. The largest absolute Gasteiger partial charge is 0.383 e. The van der Waals surface area contributed by atoms with Crippen molar-refractivity contribution in [3.8, 4) is 10.6 Å². The third kappa shape index (κ3) is 4.30. The first-order valence-corrected chi connectivity index (χ1v) is 7.67. The van der Waals surface area contributed by atoms with E-state index in [-0.39, 0.29) is 6.04 Å². The molecule has 0 bridgehead atoms. The van der Waals surface area contributed by atoms with Crippen LogP contribution in [0.1, 0.15) is 12.8 Å². The second kappa shape index (κ2) is 7.99. The number of aromatic nitrogens is 1. The number of nitrogens with zero attached hydrogens (tertiary/aromatic N) is 1. The maximum atomic E-state index is 5.58. The molecule has 0 amide bonds. The standard InChI is InChI=1S/C15H21N3OS/c1-19-11-14(6-3-7-16)18-13-5-2-4-12(10-13)15-17-8-9-20-15/h2,4-5,8-10,14,18H,3,6-7,11,16H2,1H3. The van der Waals surface area contributed by atoms with Gasteiger partial charge in [0.1, 0.15) is 5.01 Å².